The molecule has 0 atom stereocenters. The van der Waals surface area contributed by atoms with Crippen LogP contribution < -0.4 is 10.2 Å². The van der Waals surface area contributed by atoms with Gasteiger partial charge >= 0.3 is 0 Å². The van der Waals surface area contributed by atoms with Crippen LogP contribution in [0.25, 0.3) is 0 Å². The van der Waals surface area contributed by atoms with Gasteiger partial charge in [-0.2, -0.15) is 0 Å². The molecule has 0 unspecified atom stereocenters. The Bertz CT molecular complexity index is 423. The lowest BCUT2D eigenvalue weighted by molar-refractivity contribution is 0.341. The molecule has 2 N–H and O–H groups in total. The van der Waals surface area contributed by atoms with Crippen molar-refractivity contribution in [1.29, 1.82) is 0 Å². The van der Waals surface area contributed by atoms with Gasteiger partial charge in [-0.25, -0.2) is 0 Å². The van der Waals surface area contributed by atoms with Crippen LogP contribution in [0.4, 0.5) is 5.69 Å². The minimum Gasteiger partial charge on any atom is -0.506 e. The topological polar surface area (TPSA) is 35.5 Å². The fourth-order valence-corrected chi connectivity index (χ4v) is 3.37. The number of aromatic hydroxyl groups is 1. The molecule has 0 aromatic heterocycles. The number of benzene rings is 1. The minimum atomic E-state index is 0.435. The van der Waals surface area contributed by atoms with Gasteiger partial charge < -0.3 is 15.3 Å². The van der Waals surface area contributed by atoms with E-state index in [9.17, 15) is 5.11 Å². The highest BCUT2D eigenvalue weighted by Gasteiger charge is 2.36. The fourth-order valence-electron chi connectivity index (χ4n) is 3.37. The second-order valence-electron chi connectivity index (χ2n) is 5.92. The maximum atomic E-state index is 10.1. The Labute approximate surface area is 115 Å². The summed E-state index contributed by atoms with van der Waals surface area (Å²) >= 11 is 0. The zero-order valence-electron chi connectivity index (χ0n) is 11.7. The van der Waals surface area contributed by atoms with Crippen molar-refractivity contribution in [2.45, 2.75) is 56.7 Å². The lowest BCUT2D eigenvalue weighted by Crippen LogP contribution is -2.43. The Morgan fingerprint density at radius 2 is 1.58 bits per heavy atom. The molecular formula is C16H24N2O. The maximum Gasteiger partial charge on any atom is 0.138 e. The maximum absolute atomic E-state index is 10.1. The minimum absolute atomic E-state index is 0.435. The van der Waals surface area contributed by atoms with Crippen molar-refractivity contribution in [1.82, 2.24) is 5.32 Å². The molecule has 104 valence electrons. The third-order valence-electron chi connectivity index (χ3n) is 4.60. The molecule has 0 radical (unpaired) electrons. The van der Waals surface area contributed by atoms with Gasteiger partial charge in [0.15, 0.2) is 0 Å². The van der Waals surface area contributed by atoms with Crippen LogP contribution >= 0.6 is 0 Å². The molecule has 2 fully saturated rings. The largest absolute Gasteiger partial charge is 0.506 e. The van der Waals surface area contributed by atoms with Crippen molar-refractivity contribution in [3.63, 3.8) is 0 Å². The Balaban J connectivity index is 1.77. The van der Waals surface area contributed by atoms with Crippen LogP contribution in [0.15, 0.2) is 24.3 Å². The number of anilines is 1. The van der Waals surface area contributed by atoms with E-state index in [4.69, 9.17) is 0 Å². The third kappa shape index (κ3) is 2.71. The Morgan fingerprint density at radius 3 is 2.11 bits per heavy atom. The number of hydrogen-bond donors (Lipinski definition) is 2. The highest BCUT2D eigenvalue weighted by atomic mass is 16.3. The molecule has 3 rings (SSSR count). The first-order valence-corrected chi connectivity index (χ1v) is 7.53. The second kappa shape index (κ2) is 5.41. The van der Waals surface area contributed by atoms with Crippen LogP contribution in [0.5, 0.6) is 5.75 Å². The monoisotopic (exact) mass is 260 g/mol. The van der Waals surface area contributed by atoms with Crippen LogP contribution in [0.3, 0.4) is 0 Å². The van der Waals surface area contributed by atoms with E-state index < -0.39 is 0 Å². The van der Waals surface area contributed by atoms with Crippen molar-refractivity contribution < 1.29 is 5.11 Å². The standard InChI is InChI=1S/C16H24N2O/c1-17-12-6-8-13(9-7-12)18(14-10-11-14)15-4-2-3-5-16(15)19/h2-5,12-14,17,19H,6-11H2,1H3. The first kappa shape index (κ1) is 12.8. The molecule has 1 aromatic rings. The van der Waals surface area contributed by atoms with E-state index in [1.807, 2.05) is 18.2 Å². The van der Waals surface area contributed by atoms with E-state index in [1.54, 1.807) is 0 Å². The summed E-state index contributed by atoms with van der Waals surface area (Å²) in [7, 11) is 2.06. The molecule has 0 aliphatic heterocycles. The van der Waals surface area contributed by atoms with Crippen molar-refractivity contribution in [2.24, 2.45) is 0 Å². The average molecular weight is 260 g/mol. The molecule has 1 aromatic carbocycles. The lowest BCUT2D eigenvalue weighted by Gasteiger charge is -2.39. The predicted octanol–water partition coefficient (Wildman–Crippen LogP) is 2.89. The molecule has 0 spiro atoms. The molecule has 2 saturated carbocycles. The fraction of sp³-hybridized carbons (Fsp3) is 0.625. The molecule has 0 bridgehead atoms. The van der Waals surface area contributed by atoms with Crippen molar-refractivity contribution in [3.8, 4) is 5.75 Å². The Hall–Kier alpha value is -1.22. The van der Waals surface area contributed by atoms with Gasteiger partial charge in [-0.1, -0.05) is 12.1 Å². The van der Waals surface area contributed by atoms with E-state index >= 15 is 0 Å². The van der Waals surface area contributed by atoms with Crippen molar-refractivity contribution in [3.05, 3.63) is 24.3 Å². The number of phenols is 1. The molecule has 19 heavy (non-hydrogen) atoms. The quantitative estimate of drug-likeness (QED) is 0.874. The molecule has 0 amide bonds. The van der Waals surface area contributed by atoms with Gasteiger partial charge in [0.25, 0.3) is 0 Å². The number of phenolic OH excluding ortho intramolecular Hbond substituents is 1. The molecule has 2 aliphatic rings. The summed E-state index contributed by atoms with van der Waals surface area (Å²) in [5.41, 5.74) is 1.04. The van der Waals surface area contributed by atoms with Crippen molar-refractivity contribution in [2.75, 3.05) is 11.9 Å². The molecule has 0 saturated heterocycles. The zero-order valence-corrected chi connectivity index (χ0v) is 11.7. The predicted molar refractivity (Wildman–Crippen MR) is 78.7 cm³/mol. The number of nitrogens with zero attached hydrogens (tertiary/aromatic N) is 1. The van der Waals surface area contributed by atoms with Gasteiger partial charge in [-0.3, -0.25) is 0 Å². The Kier molecular flexibility index (Phi) is 3.65. The SMILES string of the molecule is CNC1CCC(N(c2ccccc2O)C2CC2)CC1. The summed E-state index contributed by atoms with van der Waals surface area (Å²) in [4.78, 5) is 2.50. The number of para-hydroxylation sites is 2. The van der Waals surface area contributed by atoms with Crippen LogP contribution in [0, 0.1) is 0 Å². The van der Waals surface area contributed by atoms with E-state index in [1.165, 1.54) is 38.5 Å². The van der Waals surface area contributed by atoms with Gasteiger partial charge in [0, 0.05) is 18.1 Å². The number of hydrogen-bond acceptors (Lipinski definition) is 3. The first-order chi connectivity index (χ1) is 9.29. The first-order valence-electron chi connectivity index (χ1n) is 7.53. The van der Waals surface area contributed by atoms with Gasteiger partial charge in [0.05, 0.1) is 5.69 Å². The van der Waals surface area contributed by atoms with Crippen LogP contribution in [0.1, 0.15) is 38.5 Å². The van der Waals surface area contributed by atoms with Crippen molar-refractivity contribution >= 4 is 5.69 Å². The highest BCUT2D eigenvalue weighted by molar-refractivity contribution is 5.59. The Morgan fingerprint density at radius 1 is 1.00 bits per heavy atom. The van der Waals surface area contributed by atoms with E-state index in [2.05, 4.69) is 23.3 Å². The molecule has 3 heteroatoms. The molecule has 0 heterocycles. The van der Waals surface area contributed by atoms with Gasteiger partial charge in [-0.15, -0.1) is 0 Å². The van der Waals surface area contributed by atoms with E-state index in [-0.39, 0.29) is 0 Å². The summed E-state index contributed by atoms with van der Waals surface area (Å²) in [5.74, 6) is 0.435. The van der Waals surface area contributed by atoms with Gasteiger partial charge in [-0.05, 0) is 57.7 Å². The average Bonchev–Trinajstić information content (AvgIpc) is 3.27. The summed E-state index contributed by atoms with van der Waals surface area (Å²) in [6.45, 7) is 0. The van der Waals surface area contributed by atoms with Crippen LogP contribution in [-0.4, -0.2) is 30.3 Å². The summed E-state index contributed by atoms with van der Waals surface area (Å²) in [6, 6.07) is 9.75. The number of rotatable bonds is 4. The van der Waals surface area contributed by atoms with E-state index in [0.717, 1.165) is 5.69 Å². The van der Waals surface area contributed by atoms with Crippen LogP contribution in [-0.2, 0) is 0 Å². The van der Waals surface area contributed by atoms with Crippen LogP contribution in [0.2, 0.25) is 0 Å². The smallest absolute Gasteiger partial charge is 0.138 e. The van der Waals surface area contributed by atoms with E-state index in [0.29, 0.717) is 23.9 Å². The lowest BCUT2D eigenvalue weighted by atomic mass is 9.89. The summed E-state index contributed by atoms with van der Waals surface area (Å²) < 4.78 is 0. The molecular weight excluding hydrogens is 236 g/mol. The normalized spacial score (nSPS) is 27.2. The molecule has 2 aliphatic carbocycles. The van der Waals surface area contributed by atoms with Gasteiger partial charge in [0.1, 0.15) is 5.75 Å². The highest BCUT2D eigenvalue weighted by Crippen LogP contribution is 2.40. The zero-order chi connectivity index (χ0) is 13.2. The summed E-state index contributed by atoms with van der Waals surface area (Å²) in [5, 5.41) is 13.5. The molecule has 3 nitrogen and oxygen atoms in total. The third-order valence-corrected chi connectivity index (χ3v) is 4.60. The van der Waals surface area contributed by atoms with Gasteiger partial charge in [0.2, 0.25) is 0 Å². The summed E-state index contributed by atoms with van der Waals surface area (Å²) in [6.07, 6.45) is 7.52. The number of nitrogens with one attached hydrogen (secondary N) is 1. The second-order valence-corrected chi connectivity index (χ2v) is 5.92.